The van der Waals surface area contributed by atoms with Gasteiger partial charge in [0.05, 0.1) is 13.7 Å². The van der Waals surface area contributed by atoms with Crippen molar-refractivity contribution in [1.82, 2.24) is 5.01 Å². The van der Waals surface area contributed by atoms with E-state index in [-0.39, 0.29) is 12.5 Å². The maximum Gasteiger partial charge on any atom is 0.269 e. The van der Waals surface area contributed by atoms with Crippen LogP contribution in [0.3, 0.4) is 0 Å². The fourth-order valence-electron chi connectivity index (χ4n) is 4.23. The van der Waals surface area contributed by atoms with Crippen LogP contribution in [0.1, 0.15) is 32.6 Å². The summed E-state index contributed by atoms with van der Waals surface area (Å²) >= 11 is 0. The second kappa shape index (κ2) is 9.69. The van der Waals surface area contributed by atoms with Crippen molar-refractivity contribution in [3.63, 3.8) is 0 Å². The van der Waals surface area contributed by atoms with Crippen LogP contribution in [0.15, 0.2) is 109 Å². The van der Waals surface area contributed by atoms with Crippen molar-refractivity contribution in [3.8, 4) is 5.75 Å². The maximum atomic E-state index is 13.8. The van der Waals surface area contributed by atoms with Crippen LogP contribution in [-0.2, 0) is 12.1 Å². The Hall–Kier alpha value is -3.93. The number of rotatable bonds is 7. The number of hydrogen-bond donors (Lipinski definition) is 2. The summed E-state index contributed by atoms with van der Waals surface area (Å²) in [6, 6.07) is 33.8. The number of amides is 1. The summed E-state index contributed by atoms with van der Waals surface area (Å²) in [6.45, 7) is -0.0972. The van der Waals surface area contributed by atoms with Gasteiger partial charge in [-0.25, -0.2) is 5.84 Å². The molecule has 4 aromatic rings. The van der Waals surface area contributed by atoms with Crippen molar-refractivity contribution in [2.75, 3.05) is 7.11 Å². The van der Waals surface area contributed by atoms with Crippen molar-refractivity contribution in [2.24, 2.45) is 5.84 Å². The van der Waals surface area contributed by atoms with E-state index in [0.717, 1.165) is 22.3 Å². The smallest absolute Gasteiger partial charge is 0.269 e. The van der Waals surface area contributed by atoms with E-state index in [2.05, 4.69) is 0 Å². The Morgan fingerprint density at radius 1 is 0.818 bits per heavy atom. The summed E-state index contributed by atoms with van der Waals surface area (Å²) in [5.74, 6) is 7.05. The molecule has 0 unspecified atom stereocenters. The molecule has 4 rings (SSSR count). The summed E-state index contributed by atoms with van der Waals surface area (Å²) in [7, 11) is 1.61. The van der Waals surface area contributed by atoms with Crippen LogP contribution >= 0.6 is 0 Å². The fourth-order valence-corrected chi connectivity index (χ4v) is 4.23. The van der Waals surface area contributed by atoms with E-state index in [4.69, 9.17) is 10.6 Å². The summed E-state index contributed by atoms with van der Waals surface area (Å²) in [4.78, 5) is 13.8. The Labute approximate surface area is 193 Å². The van der Waals surface area contributed by atoms with Crippen LogP contribution in [0.2, 0.25) is 0 Å². The Balaban J connectivity index is 2.01. The van der Waals surface area contributed by atoms with Crippen LogP contribution in [0, 0.1) is 0 Å². The second-order valence-corrected chi connectivity index (χ2v) is 7.67. The van der Waals surface area contributed by atoms with Crippen LogP contribution in [-0.4, -0.2) is 23.1 Å². The molecule has 0 bridgehead atoms. The highest BCUT2D eigenvalue weighted by atomic mass is 16.5. The third-order valence-corrected chi connectivity index (χ3v) is 5.84. The minimum atomic E-state index is -1.16. The minimum absolute atomic E-state index is 0.0972. The van der Waals surface area contributed by atoms with Gasteiger partial charge in [0, 0.05) is 11.1 Å². The third kappa shape index (κ3) is 4.00. The van der Waals surface area contributed by atoms with E-state index >= 15 is 0 Å². The molecule has 0 aliphatic rings. The number of carbonyl (C=O) groups is 1. The molecular formula is C28H26N2O3. The first-order valence-corrected chi connectivity index (χ1v) is 10.7. The lowest BCUT2D eigenvalue weighted by Crippen LogP contribution is -2.55. The normalized spacial score (nSPS) is 11.1. The SMILES string of the molecule is COc1ccccc1C(c1ccccc1)(c1ccccc1)N(N)C(=O)c1ccc(CO)cc1. The molecule has 33 heavy (non-hydrogen) atoms. The Kier molecular flexibility index (Phi) is 6.54. The number of hydrogen-bond acceptors (Lipinski definition) is 4. The van der Waals surface area contributed by atoms with Gasteiger partial charge in [-0.3, -0.25) is 9.80 Å². The van der Waals surface area contributed by atoms with E-state index in [1.165, 1.54) is 5.01 Å². The standard InChI is InChI=1S/C28H26N2O3/c1-33-26-15-9-8-14-25(26)28(23-10-4-2-5-11-23,24-12-6-3-7-13-24)30(29)27(32)22-18-16-21(20-31)17-19-22/h2-19,31H,20,29H2,1H3. The molecule has 0 radical (unpaired) electrons. The lowest BCUT2D eigenvalue weighted by Gasteiger charge is -2.43. The first-order valence-electron chi connectivity index (χ1n) is 10.7. The molecule has 166 valence electrons. The Bertz CT molecular complexity index is 1170. The van der Waals surface area contributed by atoms with Gasteiger partial charge < -0.3 is 9.84 Å². The Morgan fingerprint density at radius 2 is 1.33 bits per heavy atom. The Morgan fingerprint density at radius 3 is 1.85 bits per heavy atom. The number of methoxy groups -OCH3 is 1. The van der Waals surface area contributed by atoms with Crippen LogP contribution in [0.5, 0.6) is 5.75 Å². The summed E-state index contributed by atoms with van der Waals surface area (Å²) < 4.78 is 5.74. The average molecular weight is 439 g/mol. The number of nitrogens with zero attached hydrogens (tertiary/aromatic N) is 1. The van der Waals surface area contributed by atoms with Gasteiger partial charge >= 0.3 is 0 Å². The summed E-state index contributed by atoms with van der Waals surface area (Å²) in [5.41, 5.74) is 2.36. The van der Waals surface area contributed by atoms with Gasteiger partial charge in [-0.1, -0.05) is 91.0 Å². The zero-order valence-electron chi connectivity index (χ0n) is 18.4. The van der Waals surface area contributed by atoms with Gasteiger partial charge in [0.1, 0.15) is 11.3 Å². The van der Waals surface area contributed by atoms with Crippen LogP contribution in [0.25, 0.3) is 0 Å². The highest BCUT2D eigenvalue weighted by molar-refractivity contribution is 5.95. The lowest BCUT2D eigenvalue weighted by molar-refractivity contribution is 0.0609. The monoisotopic (exact) mass is 438 g/mol. The highest BCUT2D eigenvalue weighted by Gasteiger charge is 2.45. The van der Waals surface area contributed by atoms with E-state index in [1.807, 2.05) is 84.9 Å². The minimum Gasteiger partial charge on any atom is -0.496 e. The number of aliphatic hydroxyl groups is 1. The molecule has 3 N–H and O–H groups in total. The number of ether oxygens (including phenoxy) is 1. The molecule has 0 spiro atoms. The van der Waals surface area contributed by atoms with Gasteiger partial charge in [-0.2, -0.15) is 0 Å². The van der Waals surface area contributed by atoms with E-state index in [9.17, 15) is 9.90 Å². The number of aliphatic hydroxyl groups excluding tert-OH is 1. The molecule has 1 amide bonds. The van der Waals surface area contributed by atoms with Crippen LogP contribution in [0.4, 0.5) is 0 Å². The zero-order chi connectivity index (χ0) is 23.3. The van der Waals surface area contributed by atoms with Crippen molar-refractivity contribution >= 4 is 5.91 Å². The van der Waals surface area contributed by atoms with E-state index < -0.39 is 5.54 Å². The van der Waals surface area contributed by atoms with Crippen molar-refractivity contribution in [3.05, 3.63) is 137 Å². The molecule has 0 aromatic heterocycles. The number of hydrazine groups is 1. The maximum absolute atomic E-state index is 13.8. The molecule has 5 nitrogen and oxygen atoms in total. The zero-order valence-corrected chi connectivity index (χ0v) is 18.4. The van der Waals surface area contributed by atoms with Gasteiger partial charge in [-0.15, -0.1) is 0 Å². The molecule has 4 aromatic carbocycles. The quantitative estimate of drug-likeness (QED) is 0.193. The molecule has 0 saturated carbocycles. The van der Waals surface area contributed by atoms with E-state index in [0.29, 0.717) is 11.3 Å². The predicted octanol–water partition coefficient (Wildman–Crippen LogP) is 4.50. The van der Waals surface area contributed by atoms with Gasteiger partial charge in [0.15, 0.2) is 0 Å². The third-order valence-electron chi connectivity index (χ3n) is 5.84. The van der Waals surface area contributed by atoms with Crippen molar-refractivity contribution < 1.29 is 14.6 Å². The largest absolute Gasteiger partial charge is 0.496 e. The number of carbonyl (C=O) groups excluding carboxylic acids is 1. The van der Waals surface area contributed by atoms with Gasteiger partial charge in [-0.05, 0) is 34.9 Å². The van der Waals surface area contributed by atoms with E-state index in [1.54, 1.807) is 31.4 Å². The topological polar surface area (TPSA) is 75.8 Å². The molecule has 0 aliphatic carbocycles. The molecule has 0 fully saturated rings. The molecule has 0 saturated heterocycles. The molecular weight excluding hydrogens is 412 g/mol. The molecule has 0 aliphatic heterocycles. The molecule has 0 atom stereocenters. The first kappa shape index (κ1) is 22.3. The number of para-hydroxylation sites is 1. The van der Waals surface area contributed by atoms with Crippen molar-refractivity contribution in [1.29, 1.82) is 0 Å². The first-order chi connectivity index (χ1) is 16.1. The predicted molar refractivity (Wildman–Crippen MR) is 128 cm³/mol. The van der Waals surface area contributed by atoms with Gasteiger partial charge in [0.25, 0.3) is 5.91 Å². The average Bonchev–Trinajstić information content (AvgIpc) is 2.90. The molecule has 0 heterocycles. The number of benzene rings is 4. The lowest BCUT2D eigenvalue weighted by atomic mass is 9.75. The summed E-state index contributed by atoms with van der Waals surface area (Å²) in [6.07, 6.45) is 0. The van der Waals surface area contributed by atoms with Gasteiger partial charge in [0.2, 0.25) is 0 Å². The fraction of sp³-hybridized carbons (Fsp3) is 0.107. The highest BCUT2D eigenvalue weighted by Crippen LogP contribution is 2.45. The molecule has 5 heteroatoms. The van der Waals surface area contributed by atoms with Crippen LogP contribution < -0.4 is 10.6 Å². The second-order valence-electron chi connectivity index (χ2n) is 7.67. The number of nitrogens with two attached hydrogens (primary N) is 1. The van der Waals surface area contributed by atoms with Crippen molar-refractivity contribution in [2.45, 2.75) is 12.1 Å². The summed E-state index contributed by atoms with van der Waals surface area (Å²) in [5, 5.41) is 10.7.